The van der Waals surface area contributed by atoms with Gasteiger partial charge in [0.1, 0.15) is 5.52 Å². The van der Waals surface area contributed by atoms with Crippen molar-refractivity contribution in [3.63, 3.8) is 0 Å². The summed E-state index contributed by atoms with van der Waals surface area (Å²) in [7, 11) is 0. The lowest BCUT2D eigenvalue weighted by Gasteiger charge is -2.10. The Labute approximate surface area is 167 Å². The topological polar surface area (TPSA) is 70.7 Å². The van der Waals surface area contributed by atoms with Gasteiger partial charge in [-0.05, 0) is 42.5 Å². The molecule has 0 radical (unpaired) electrons. The molecule has 5 nitrogen and oxygen atoms in total. The molecule has 9 heteroatoms. The number of hydrogen-bond donors (Lipinski definition) is 2. The molecule has 4 rings (SSSR count). The molecule has 4 aromatic rings. The van der Waals surface area contributed by atoms with Crippen molar-refractivity contribution in [3.8, 4) is 0 Å². The van der Waals surface area contributed by atoms with Gasteiger partial charge >= 0.3 is 6.18 Å². The fraction of sp³-hybridized carbons (Fsp3) is 0.0500. The first kappa shape index (κ1) is 18.9. The molecule has 0 spiro atoms. The highest BCUT2D eigenvalue weighted by Gasteiger charge is 2.31. The lowest BCUT2D eigenvalue weighted by molar-refractivity contribution is -0.137. The van der Waals surface area contributed by atoms with E-state index in [-0.39, 0.29) is 16.1 Å². The van der Waals surface area contributed by atoms with Crippen LogP contribution in [0.25, 0.3) is 11.0 Å². The molecule has 2 aromatic heterocycles. The van der Waals surface area contributed by atoms with Gasteiger partial charge in [-0.1, -0.05) is 23.7 Å². The average Bonchev–Trinajstić information content (AvgIpc) is 3.10. The van der Waals surface area contributed by atoms with E-state index in [9.17, 15) is 18.0 Å². The molecule has 0 atom stereocenters. The van der Waals surface area contributed by atoms with E-state index in [2.05, 4.69) is 20.5 Å². The molecule has 0 aliphatic carbocycles. The van der Waals surface area contributed by atoms with Crippen LogP contribution in [-0.4, -0.2) is 21.0 Å². The fourth-order valence-corrected chi connectivity index (χ4v) is 3.11. The third kappa shape index (κ3) is 3.79. The summed E-state index contributed by atoms with van der Waals surface area (Å²) in [6, 6.07) is 12.4. The van der Waals surface area contributed by atoms with Crippen LogP contribution < -0.4 is 5.32 Å². The zero-order valence-corrected chi connectivity index (χ0v) is 15.3. The van der Waals surface area contributed by atoms with Crippen molar-refractivity contribution >= 4 is 39.9 Å². The molecular formula is C20H12ClF3N4O. The van der Waals surface area contributed by atoms with Gasteiger partial charge in [-0.15, -0.1) is 0 Å². The molecule has 0 saturated carbocycles. The van der Waals surface area contributed by atoms with Crippen LogP contribution in [0.1, 0.15) is 21.5 Å². The van der Waals surface area contributed by atoms with Gasteiger partial charge in [0.15, 0.2) is 11.6 Å². The maximum Gasteiger partial charge on any atom is 0.416 e. The number of nitrogens with one attached hydrogen (secondary N) is 2. The van der Waals surface area contributed by atoms with Crippen LogP contribution in [0, 0.1) is 0 Å². The predicted octanol–water partition coefficient (Wildman–Crippen LogP) is 5.60. The highest BCUT2D eigenvalue weighted by Crippen LogP contribution is 2.31. The Morgan fingerprint density at radius 3 is 2.66 bits per heavy atom. The molecule has 0 unspecified atom stereocenters. The monoisotopic (exact) mass is 416 g/mol. The second-order valence-electron chi connectivity index (χ2n) is 6.20. The minimum Gasteiger partial charge on any atom is -0.337 e. The normalized spacial score (nSPS) is 11.6. The summed E-state index contributed by atoms with van der Waals surface area (Å²) in [6.45, 7) is 0. The number of benzene rings is 2. The number of halogens is 4. The molecule has 2 aromatic carbocycles. The third-order valence-electron chi connectivity index (χ3n) is 4.25. The Hall–Kier alpha value is -3.39. The summed E-state index contributed by atoms with van der Waals surface area (Å²) in [6.07, 6.45) is -2.90. The van der Waals surface area contributed by atoms with Crippen LogP contribution in [0.3, 0.4) is 0 Å². The molecule has 0 fully saturated rings. The summed E-state index contributed by atoms with van der Waals surface area (Å²) < 4.78 is 38.7. The summed E-state index contributed by atoms with van der Waals surface area (Å²) in [5.41, 5.74) is 1.04. The number of carbonyl (C=O) groups excluding carboxylic acids is 1. The molecule has 2 heterocycles. The second kappa shape index (κ2) is 7.21. The first-order chi connectivity index (χ1) is 13.8. The number of aromatic nitrogens is 3. The summed E-state index contributed by atoms with van der Waals surface area (Å²) in [5, 5.41) is 10.1. The highest BCUT2D eigenvalue weighted by molar-refractivity contribution is 6.35. The molecule has 0 amide bonds. The quantitative estimate of drug-likeness (QED) is 0.424. The number of anilines is 2. The Kier molecular flexibility index (Phi) is 4.71. The number of hydrogen-bond acceptors (Lipinski definition) is 4. The van der Waals surface area contributed by atoms with Gasteiger partial charge in [-0.25, -0.2) is 0 Å². The smallest absolute Gasteiger partial charge is 0.337 e. The number of alkyl halides is 3. The van der Waals surface area contributed by atoms with Crippen LogP contribution in [0.5, 0.6) is 0 Å². The Morgan fingerprint density at radius 2 is 1.90 bits per heavy atom. The number of nitrogens with zero attached hydrogens (tertiary/aromatic N) is 2. The number of pyridine rings is 1. The van der Waals surface area contributed by atoms with Gasteiger partial charge in [-0.3, -0.25) is 14.9 Å². The molecule has 0 saturated heterocycles. The van der Waals surface area contributed by atoms with Crippen LogP contribution in [0.4, 0.5) is 24.7 Å². The molecule has 0 aliphatic heterocycles. The molecular weight excluding hydrogens is 405 g/mol. The van der Waals surface area contributed by atoms with Gasteiger partial charge in [0.2, 0.25) is 0 Å². The molecule has 0 aliphatic rings. The van der Waals surface area contributed by atoms with E-state index in [1.54, 1.807) is 18.3 Å². The second-order valence-corrected chi connectivity index (χ2v) is 6.61. The Morgan fingerprint density at radius 1 is 1.07 bits per heavy atom. The predicted molar refractivity (Wildman–Crippen MR) is 103 cm³/mol. The van der Waals surface area contributed by atoms with Gasteiger partial charge in [0, 0.05) is 23.0 Å². The minimum atomic E-state index is -4.53. The van der Waals surface area contributed by atoms with E-state index >= 15 is 0 Å². The van der Waals surface area contributed by atoms with Crippen molar-refractivity contribution in [2.75, 3.05) is 5.32 Å². The van der Waals surface area contributed by atoms with E-state index in [0.29, 0.717) is 17.0 Å². The van der Waals surface area contributed by atoms with Crippen LogP contribution in [0.2, 0.25) is 5.02 Å². The number of fused-ring (bicyclic) bond motifs is 1. The number of rotatable bonds is 4. The molecule has 2 N–H and O–H groups in total. The van der Waals surface area contributed by atoms with Crippen LogP contribution in [-0.2, 0) is 6.18 Å². The van der Waals surface area contributed by atoms with E-state index < -0.39 is 17.5 Å². The Bertz CT molecular complexity index is 1220. The molecule has 29 heavy (non-hydrogen) atoms. The zero-order chi connectivity index (χ0) is 20.6. The first-order valence-electron chi connectivity index (χ1n) is 8.40. The lowest BCUT2D eigenvalue weighted by atomic mass is 10.0. The van der Waals surface area contributed by atoms with E-state index in [0.717, 1.165) is 17.6 Å². The summed E-state index contributed by atoms with van der Waals surface area (Å²) >= 11 is 6.24. The van der Waals surface area contributed by atoms with Crippen molar-refractivity contribution in [1.29, 1.82) is 0 Å². The van der Waals surface area contributed by atoms with Crippen molar-refractivity contribution < 1.29 is 18.0 Å². The van der Waals surface area contributed by atoms with Crippen molar-refractivity contribution in [2.45, 2.75) is 6.18 Å². The van der Waals surface area contributed by atoms with Crippen molar-refractivity contribution in [1.82, 2.24) is 15.2 Å². The van der Waals surface area contributed by atoms with Gasteiger partial charge in [-0.2, -0.15) is 18.3 Å². The largest absolute Gasteiger partial charge is 0.416 e. The summed E-state index contributed by atoms with van der Waals surface area (Å²) in [5.74, 6) is -0.117. The maximum atomic E-state index is 12.9. The lowest BCUT2D eigenvalue weighted by Crippen LogP contribution is -2.08. The zero-order valence-electron chi connectivity index (χ0n) is 14.6. The standard InChI is InChI=1S/C20H12ClF3N4O/c21-15-10-13(26-19-17-16(27-28-19)5-2-8-25-17)6-7-14(15)18(29)11-3-1-4-12(9-11)20(22,23)24/h1-10H,(H2,26,27,28). The molecule has 0 bridgehead atoms. The summed E-state index contributed by atoms with van der Waals surface area (Å²) in [4.78, 5) is 16.9. The number of aromatic amines is 1. The molecule has 146 valence electrons. The van der Waals surface area contributed by atoms with Gasteiger partial charge < -0.3 is 5.32 Å². The first-order valence-corrected chi connectivity index (χ1v) is 8.78. The maximum absolute atomic E-state index is 12.9. The average molecular weight is 417 g/mol. The number of H-pyrrole nitrogens is 1. The van der Waals surface area contributed by atoms with Crippen molar-refractivity contribution in [2.24, 2.45) is 0 Å². The van der Waals surface area contributed by atoms with E-state index in [1.807, 2.05) is 6.07 Å². The van der Waals surface area contributed by atoms with Gasteiger partial charge in [0.05, 0.1) is 16.1 Å². The SMILES string of the molecule is O=C(c1cccc(C(F)(F)F)c1)c1ccc(Nc2n[nH]c3cccnc23)cc1Cl. The minimum absolute atomic E-state index is 0.0927. The van der Waals surface area contributed by atoms with Crippen molar-refractivity contribution in [3.05, 3.63) is 82.5 Å². The van der Waals surface area contributed by atoms with E-state index in [1.165, 1.54) is 24.3 Å². The highest BCUT2D eigenvalue weighted by atomic mass is 35.5. The van der Waals surface area contributed by atoms with E-state index in [4.69, 9.17) is 11.6 Å². The van der Waals surface area contributed by atoms with Crippen LogP contribution >= 0.6 is 11.6 Å². The van der Waals surface area contributed by atoms with Gasteiger partial charge in [0.25, 0.3) is 0 Å². The number of carbonyl (C=O) groups is 1. The Balaban J connectivity index is 1.61. The van der Waals surface area contributed by atoms with Crippen LogP contribution in [0.15, 0.2) is 60.8 Å². The third-order valence-corrected chi connectivity index (χ3v) is 4.56. The fourth-order valence-electron chi connectivity index (χ4n) is 2.85. The number of ketones is 1.